The zero-order chi connectivity index (χ0) is 23.6. The second kappa shape index (κ2) is 9.41. The lowest BCUT2D eigenvalue weighted by atomic mass is 9.97. The molecule has 0 atom stereocenters. The van der Waals surface area contributed by atoms with Gasteiger partial charge in [-0.15, -0.1) is 0 Å². The van der Waals surface area contributed by atoms with Gasteiger partial charge in [-0.1, -0.05) is 30.3 Å². The molecule has 33 heavy (non-hydrogen) atoms. The standard InChI is InChI=1S/C22H24F3N3O4S/c23-22(24,25)18-7-5-17(6-8-18)19-3-1-2-4-20(19)21(29)26-9-11-27(12-10-26)33(30,31)28-13-15-32-16-14-28/h1-8H,9-16H2. The maximum absolute atomic E-state index is 13.2. The summed E-state index contributed by atoms with van der Waals surface area (Å²) in [6.07, 6.45) is -4.44. The topological polar surface area (TPSA) is 70.2 Å². The summed E-state index contributed by atoms with van der Waals surface area (Å²) in [5, 5.41) is 0. The van der Waals surface area contributed by atoms with Crippen molar-refractivity contribution in [1.29, 1.82) is 0 Å². The lowest BCUT2D eigenvalue weighted by Crippen LogP contribution is -2.55. The van der Waals surface area contributed by atoms with Crippen LogP contribution in [0.15, 0.2) is 48.5 Å². The number of nitrogens with zero attached hydrogens (tertiary/aromatic N) is 3. The van der Waals surface area contributed by atoms with Gasteiger partial charge in [-0.2, -0.15) is 30.2 Å². The van der Waals surface area contributed by atoms with E-state index in [1.165, 1.54) is 20.7 Å². The van der Waals surface area contributed by atoms with Crippen LogP contribution in [0.2, 0.25) is 0 Å². The first-order valence-electron chi connectivity index (χ1n) is 10.6. The zero-order valence-electron chi connectivity index (χ0n) is 17.8. The molecule has 0 spiro atoms. The predicted octanol–water partition coefficient (Wildman–Crippen LogP) is 2.71. The lowest BCUT2D eigenvalue weighted by molar-refractivity contribution is -0.137. The fourth-order valence-electron chi connectivity index (χ4n) is 3.99. The van der Waals surface area contributed by atoms with Crippen LogP contribution in [0.1, 0.15) is 15.9 Å². The van der Waals surface area contributed by atoms with Crippen LogP contribution in [0.3, 0.4) is 0 Å². The lowest BCUT2D eigenvalue weighted by Gasteiger charge is -2.37. The van der Waals surface area contributed by atoms with E-state index in [9.17, 15) is 26.4 Å². The summed E-state index contributed by atoms with van der Waals surface area (Å²) in [5.74, 6) is -0.283. The van der Waals surface area contributed by atoms with Crippen LogP contribution >= 0.6 is 0 Å². The SMILES string of the molecule is O=C(c1ccccc1-c1ccc(C(F)(F)F)cc1)N1CCN(S(=O)(=O)N2CCOCC2)CC1. The number of hydrogen-bond acceptors (Lipinski definition) is 4. The highest BCUT2D eigenvalue weighted by atomic mass is 32.2. The summed E-state index contributed by atoms with van der Waals surface area (Å²) in [5.41, 5.74) is 0.634. The van der Waals surface area contributed by atoms with Gasteiger partial charge in [0.15, 0.2) is 0 Å². The Morgan fingerprint density at radius 1 is 0.818 bits per heavy atom. The fraction of sp³-hybridized carbons (Fsp3) is 0.409. The molecule has 2 heterocycles. The van der Waals surface area contributed by atoms with Gasteiger partial charge in [-0.05, 0) is 29.3 Å². The average molecular weight is 484 g/mol. The molecule has 11 heteroatoms. The van der Waals surface area contributed by atoms with Crippen molar-refractivity contribution in [3.8, 4) is 11.1 Å². The van der Waals surface area contributed by atoms with Gasteiger partial charge < -0.3 is 9.64 Å². The van der Waals surface area contributed by atoms with Gasteiger partial charge in [0.05, 0.1) is 18.8 Å². The molecule has 0 aliphatic carbocycles. The van der Waals surface area contributed by atoms with E-state index in [1.807, 2.05) is 0 Å². The molecule has 2 aliphatic rings. The third kappa shape index (κ3) is 5.06. The molecular formula is C22H24F3N3O4S. The molecule has 0 N–H and O–H groups in total. The molecule has 2 aromatic rings. The molecule has 7 nitrogen and oxygen atoms in total. The van der Waals surface area contributed by atoms with Crippen molar-refractivity contribution in [1.82, 2.24) is 13.5 Å². The minimum absolute atomic E-state index is 0.174. The second-order valence-corrected chi connectivity index (χ2v) is 9.76. The van der Waals surface area contributed by atoms with Crippen LogP contribution in [-0.4, -0.2) is 80.3 Å². The van der Waals surface area contributed by atoms with Crippen LogP contribution in [0.5, 0.6) is 0 Å². The molecule has 2 aliphatic heterocycles. The molecule has 4 rings (SSSR count). The first-order valence-corrected chi connectivity index (χ1v) is 12.0. The number of rotatable bonds is 4. The molecule has 0 radical (unpaired) electrons. The number of morpholine rings is 1. The quantitative estimate of drug-likeness (QED) is 0.671. The largest absolute Gasteiger partial charge is 0.416 e. The molecule has 0 saturated carbocycles. The minimum atomic E-state index is -4.44. The van der Waals surface area contributed by atoms with Crippen molar-refractivity contribution in [3.63, 3.8) is 0 Å². The van der Waals surface area contributed by atoms with E-state index in [0.29, 0.717) is 43.0 Å². The maximum atomic E-state index is 13.2. The van der Waals surface area contributed by atoms with Crippen molar-refractivity contribution >= 4 is 16.1 Å². The summed E-state index contributed by atoms with van der Waals surface area (Å²) < 4.78 is 72.3. The number of benzene rings is 2. The zero-order valence-corrected chi connectivity index (χ0v) is 18.6. The van der Waals surface area contributed by atoms with Crippen molar-refractivity contribution in [2.24, 2.45) is 0 Å². The van der Waals surface area contributed by atoms with E-state index in [0.717, 1.165) is 12.1 Å². The number of amides is 1. The summed E-state index contributed by atoms with van der Waals surface area (Å²) in [6, 6.07) is 11.4. The molecule has 2 fully saturated rings. The van der Waals surface area contributed by atoms with E-state index < -0.39 is 21.9 Å². The third-order valence-electron chi connectivity index (χ3n) is 5.83. The van der Waals surface area contributed by atoms with Gasteiger partial charge in [0, 0.05) is 44.8 Å². The number of carbonyl (C=O) groups is 1. The highest BCUT2D eigenvalue weighted by Gasteiger charge is 2.35. The third-order valence-corrected chi connectivity index (χ3v) is 7.86. The number of piperazine rings is 1. The normalized spacial score (nSPS) is 18.9. The van der Waals surface area contributed by atoms with Crippen molar-refractivity contribution in [2.45, 2.75) is 6.18 Å². The Balaban J connectivity index is 1.48. The Bertz CT molecular complexity index is 1090. The van der Waals surface area contributed by atoms with E-state index in [-0.39, 0.29) is 32.1 Å². The minimum Gasteiger partial charge on any atom is -0.379 e. The second-order valence-electron chi connectivity index (χ2n) is 7.83. The van der Waals surface area contributed by atoms with Crippen LogP contribution in [-0.2, 0) is 21.1 Å². The van der Waals surface area contributed by atoms with Gasteiger partial charge in [0.2, 0.25) is 0 Å². The molecule has 2 aromatic carbocycles. The predicted molar refractivity (Wildman–Crippen MR) is 116 cm³/mol. The maximum Gasteiger partial charge on any atom is 0.416 e. The van der Waals surface area contributed by atoms with Gasteiger partial charge in [0.25, 0.3) is 16.1 Å². The molecule has 0 aromatic heterocycles. The van der Waals surface area contributed by atoms with Crippen molar-refractivity contribution < 1.29 is 31.1 Å². The Morgan fingerprint density at radius 3 is 2.00 bits per heavy atom. The van der Waals surface area contributed by atoms with Crippen LogP contribution in [0, 0.1) is 0 Å². The number of hydrogen-bond donors (Lipinski definition) is 0. The summed E-state index contributed by atoms with van der Waals surface area (Å²) >= 11 is 0. The van der Waals surface area contributed by atoms with E-state index in [1.54, 1.807) is 29.2 Å². The van der Waals surface area contributed by atoms with Gasteiger partial charge in [-0.3, -0.25) is 4.79 Å². The van der Waals surface area contributed by atoms with E-state index in [4.69, 9.17) is 4.74 Å². The summed E-state index contributed by atoms with van der Waals surface area (Å²) in [6.45, 7) is 2.13. The first-order chi connectivity index (χ1) is 15.7. The number of carbonyl (C=O) groups excluding carboxylic acids is 1. The van der Waals surface area contributed by atoms with E-state index >= 15 is 0 Å². The van der Waals surface area contributed by atoms with Gasteiger partial charge >= 0.3 is 6.18 Å². The van der Waals surface area contributed by atoms with Gasteiger partial charge in [0.1, 0.15) is 0 Å². The molecule has 0 bridgehead atoms. The summed E-state index contributed by atoms with van der Waals surface area (Å²) in [4.78, 5) is 14.8. The average Bonchev–Trinajstić information content (AvgIpc) is 2.84. The molecule has 1 amide bonds. The Hall–Kier alpha value is -2.47. The fourth-order valence-corrected chi connectivity index (χ4v) is 5.55. The number of ether oxygens (including phenoxy) is 1. The van der Waals surface area contributed by atoms with Crippen LogP contribution in [0.4, 0.5) is 13.2 Å². The van der Waals surface area contributed by atoms with Crippen LogP contribution in [0.25, 0.3) is 11.1 Å². The van der Waals surface area contributed by atoms with Crippen molar-refractivity contribution in [3.05, 3.63) is 59.7 Å². The van der Waals surface area contributed by atoms with Gasteiger partial charge in [-0.25, -0.2) is 0 Å². The highest BCUT2D eigenvalue weighted by molar-refractivity contribution is 7.86. The molecular weight excluding hydrogens is 459 g/mol. The van der Waals surface area contributed by atoms with Crippen molar-refractivity contribution in [2.75, 3.05) is 52.5 Å². The molecule has 178 valence electrons. The van der Waals surface area contributed by atoms with E-state index in [2.05, 4.69) is 0 Å². The van der Waals surface area contributed by atoms with Crippen LogP contribution < -0.4 is 0 Å². The molecule has 0 unspecified atom stereocenters. The summed E-state index contributed by atoms with van der Waals surface area (Å²) in [7, 11) is -3.61. The Kier molecular flexibility index (Phi) is 6.76. The first kappa shape index (κ1) is 23.7. The highest BCUT2D eigenvalue weighted by Crippen LogP contribution is 2.32. The number of halogens is 3. The smallest absolute Gasteiger partial charge is 0.379 e. The number of alkyl halides is 3. The Morgan fingerprint density at radius 2 is 1.39 bits per heavy atom. The molecule has 2 saturated heterocycles. The monoisotopic (exact) mass is 483 g/mol. The Labute approximate surface area is 190 Å².